The molecule has 4 nitrogen and oxygen atoms in total. The van der Waals surface area contributed by atoms with Crippen LogP contribution >= 0.6 is 0 Å². The minimum Gasteiger partial charge on any atom is -0.481 e. The average molecular weight is 285 g/mol. The van der Waals surface area contributed by atoms with Gasteiger partial charge >= 0.3 is 5.97 Å². The topological polar surface area (TPSA) is 66.4 Å². The van der Waals surface area contributed by atoms with E-state index in [4.69, 9.17) is 5.11 Å². The number of carbonyl (C=O) groups is 2. The maximum Gasteiger partial charge on any atom is 0.311 e. The second-order valence-corrected chi connectivity index (χ2v) is 4.87. The summed E-state index contributed by atoms with van der Waals surface area (Å²) >= 11 is 0. The van der Waals surface area contributed by atoms with E-state index < -0.39 is 35.3 Å². The Morgan fingerprint density at radius 1 is 1.30 bits per heavy atom. The van der Waals surface area contributed by atoms with Gasteiger partial charge in [0.05, 0.1) is 11.8 Å². The fourth-order valence-electron chi connectivity index (χ4n) is 1.57. The molecule has 0 radical (unpaired) electrons. The van der Waals surface area contributed by atoms with Gasteiger partial charge in [-0.05, 0) is 25.5 Å². The predicted molar refractivity (Wildman–Crippen MR) is 69.1 cm³/mol. The molecule has 2 N–H and O–H groups in total. The lowest BCUT2D eigenvalue weighted by atomic mass is 9.87. The predicted octanol–water partition coefficient (Wildman–Crippen LogP) is 2.12. The molecule has 0 bridgehead atoms. The zero-order chi connectivity index (χ0) is 15.3. The number of carboxylic acids is 1. The molecule has 1 aromatic rings. The average Bonchev–Trinajstić information content (AvgIpc) is 2.40. The molecule has 1 unspecified atom stereocenters. The van der Waals surface area contributed by atoms with Crippen molar-refractivity contribution in [1.82, 2.24) is 5.32 Å². The van der Waals surface area contributed by atoms with Crippen molar-refractivity contribution in [2.75, 3.05) is 6.54 Å². The highest BCUT2D eigenvalue weighted by Crippen LogP contribution is 2.20. The number of amides is 1. The van der Waals surface area contributed by atoms with Gasteiger partial charge in [0, 0.05) is 12.1 Å². The second kappa shape index (κ2) is 6.45. The smallest absolute Gasteiger partial charge is 0.311 e. The molecule has 0 aliphatic carbocycles. The number of hydrogen-bond acceptors (Lipinski definition) is 2. The van der Waals surface area contributed by atoms with Gasteiger partial charge in [-0.2, -0.15) is 0 Å². The summed E-state index contributed by atoms with van der Waals surface area (Å²) in [7, 11) is 0. The van der Waals surface area contributed by atoms with E-state index in [0.717, 1.165) is 12.1 Å². The van der Waals surface area contributed by atoms with Gasteiger partial charge in [-0.3, -0.25) is 9.59 Å². The van der Waals surface area contributed by atoms with Gasteiger partial charge in [-0.15, -0.1) is 0 Å². The van der Waals surface area contributed by atoms with Crippen LogP contribution in [-0.2, 0) is 16.0 Å². The Labute approximate surface area is 115 Å². The Bertz CT molecular complexity index is 499. The van der Waals surface area contributed by atoms with Crippen LogP contribution in [0, 0.1) is 17.0 Å². The maximum absolute atomic E-state index is 13.4. The molecule has 6 heteroatoms. The summed E-state index contributed by atoms with van der Waals surface area (Å²) in [5.41, 5.74) is -1.41. The molecule has 0 heterocycles. The molecule has 1 amide bonds. The fourth-order valence-corrected chi connectivity index (χ4v) is 1.57. The monoisotopic (exact) mass is 285 g/mol. The molecule has 0 saturated heterocycles. The standard InChI is InChI=1S/C14H17F2NO3/c1-3-14(2,13(19)20)8-17-12(18)7-9-10(15)5-4-6-11(9)16/h4-6H,3,7-8H2,1-2H3,(H,17,18)(H,19,20). The first-order valence-electron chi connectivity index (χ1n) is 6.23. The van der Waals surface area contributed by atoms with E-state index in [1.54, 1.807) is 6.92 Å². The van der Waals surface area contributed by atoms with E-state index >= 15 is 0 Å². The van der Waals surface area contributed by atoms with Gasteiger partial charge < -0.3 is 10.4 Å². The summed E-state index contributed by atoms with van der Waals surface area (Å²) < 4.78 is 26.7. The van der Waals surface area contributed by atoms with E-state index in [1.807, 2.05) is 0 Å². The lowest BCUT2D eigenvalue weighted by molar-refractivity contribution is -0.148. The molecule has 0 spiro atoms. The van der Waals surface area contributed by atoms with Gasteiger partial charge in [0.15, 0.2) is 0 Å². The highest BCUT2D eigenvalue weighted by atomic mass is 19.1. The van der Waals surface area contributed by atoms with Crippen LogP contribution in [-0.4, -0.2) is 23.5 Å². The zero-order valence-corrected chi connectivity index (χ0v) is 11.4. The van der Waals surface area contributed by atoms with Crippen LogP contribution in [0.3, 0.4) is 0 Å². The molecule has 0 aliphatic heterocycles. The number of hydrogen-bond donors (Lipinski definition) is 2. The molecule has 1 aromatic carbocycles. The summed E-state index contributed by atoms with van der Waals surface area (Å²) in [5, 5.41) is 11.5. The Morgan fingerprint density at radius 3 is 2.30 bits per heavy atom. The van der Waals surface area contributed by atoms with Crippen molar-refractivity contribution in [3.63, 3.8) is 0 Å². The molecule has 1 rings (SSSR count). The number of benzene rings is 1. The molecule has 0 aliphatic rings. The number of rotatable bonds is 6. The number of carbonyl (C=O) groups excluding carboxylic acids is 1. The highest BCUT2D eigenvalue weighted by molar-refractivity contribution is 5.80. The number of carboxylic acid groups (broad SMARTS) is 1. The van der Waals surface area contributed by atoms with Crippen molar-refractivity contribution in [3.8, 4) is 0 Å². The fraction of sp³-hybridized carbons (Fsp3) is 0.429. The Kier molecular flexibility index (Phi) is 5.19. The third-order valence-electron chi connectivity index (χ3n) is 3.37. The molecular weight excluding hydrogens is 268 g/mol. The summed E-state index contributed by atoms with van der Waals surface area (Å²) in [6, 6.07) is 3.35. The minimum atomic E-state index is -1.09. The van der Waals surface area contributed by atoms with E-state index in [-0.39, 0.29) is 12.1 Å². The van der Waals surface area contributed by atoms with Crippen LogP contribution in [0.1, 0.15) is 25.8 Å². The number of halogens is 2. The summed E-state index contributed by atoms with van der Waals surface area (Å²) in [4.78, 5) is 22.7. The van der Waals surface area contributed by atoms with Crippen LogP contribution in [0.2, 0.25) is 0 Å². The van der Waals surface area contributed by atoms with E-state index in [0.29, 0.717) is 6.42 Å². The lowest BCUT2D eigenvalue weighted by Crippen LogP contribution is -2.41. The Balaban J connectivity index is 2.67. The molecule has 1 atom stereocenters. The van der Waals surface area contributed by atoms with Crippen LogP contribution < -0.4 is 5.32 Å². The SMILES string of the molecule is CCC(C)(CNC(=O)Cc1c(F)cccc1F)C(=O)O. The lowest BCUT2D eigenvalue weighted by Gasteiger charge is -2.23. The van der Waals surface area contributed by atoms with Crippen LogP contribution in [0.5, 0.6) is 0 Å². The van der Waals surface area contributed by atoms with Gasteiger partial charge in [0.2, 0.25) is 5.91 Å². The van der Waals surface area contributed by atoms with Crippen LogP contribution in [0.4, 0.5) is 8.78 Å². The van der Waals surface area contributed by atoms with Crippen LogP contribution in [0.15, 0.2) is 18.2 Å². The largest absolute Gasteiger partial charge is 0.481 e. The summed E-state index contributed by atoms with van der Waals surface area (Å²) in [6.07, 6.45) is -0.130. The van der Waals surface area contributed by atoms with Crippen LogP contribution in [0.25, 0.3) is 0 Å². The first-order valence-corrected chi connectivity index (χ1v) is 6.23. The molecule has 0 aromatic heterocycles. The van der Waals surface area contributed by atoms with Gasteiger partial charge in [-0.25, -0.2) is 8.78 Å². The summed E-state index contributed by atoms with van der Waals surface area (Å²) in [6.45, 7) is 3.10. The molecule has 20 heavy (non-hydrogen) atoms. The van der Waals surface area contributed by atoms with Gasteiger partial charge in [0.1, 0.15) is 11.6 Å². The highest BCUT2D eigenvalue weighted by Gasteiger charge is 2.31. The first-order chi connectivity index (χ1) is 9.30. The van der Waals surface area contributed by atoms with E-state index in [9.17, 15) is 18.4 Å². The van der Waals surface area contributed by atoms with Crippen molar-refractivity contribution >= 4 is 11.9 Å². The molecule has 0 saturated carbocycles. The third kappa shape index (κ3) is 3.76. The third-order valence-corrected chi connectivity index (χ3v) is 3.37. The van der Waals surface area contributed by atoms with Gasteiger partial charge in [-0.1, -0.05) is 13.0 Å². The molecule has 110 valence electrons. The van der Waals surface area contributed by atoms with E-state index in [1.165, 1.54) is 13.0 Å². The van der Waals surface area contributed by atoms with Gasteiger partial charge in [0.25, 0.3) is 0 Å². The maximum atomic E-state index is 13.4. The van der Waals surface area contributed by atoms with Crippen molar-refractivity contribution in [2.24, 2.45) is 5.41 Å². The van der Waals surface area contributed by atoms with Crippen molar-refractivity contribution < 1.29 is 23.5 Å². The second-order valence-electron chi connectivity index (χ2n) is 4.87. The Morgan fingerprint density at radius 2 is 1.85 bits per heavy atom. The number of aliphatic carboxylic acids is 1. The summed E-state index contributed by atoms with van der Waals surface area (Å²) in [5.74, 6) is -3.24. The zero-order valence-electron chi connectivity index (χ0n) is 11.4. The number of nitrogens with one attached hydrogen (secondary N) is 1. The Hall–Kier alpha value is -1.98. The normalized spacial score (nSPS) is 13.6. The molecular formula is C14H17F2NO3. The quantitative estimate of drug-likeness (QED) is 0.841. The first kappa shape index (κ1) is 16.1. The van der Waals surface area contributed by atoms with Crippen molar-refractivity contribution in [2.45, 2.75) is 26.7 Å². The minimum absolute atomic E-state index is 0.0895. The van der Waals surface area contributed by atoms with E-state index in [2.05, 4.69) is 5.32 Å². The van der Waals surface area contributed by atoms with Crippen molar-refractivity contribution in [3.05, 3.63) is 35.4 Å². The van der Waals surface area contributed by atoms with Crippen molar-refractivity contribution in [1.29, 1.82) is 0 Å². The molecule has 0 fully saturated rings.